The quantitative estimate of drug-likeness (QED) is 0.584. The first kappa shape index (κ1) is 17.7. The summed E-state index contributed by atoms with van der Waals surface area (Å²) in [6.07, 6.45) is 0.961. The molecular formula is C16H18N2O5S. The Bertz CT molecular complexity index is 729. The molecule has 0 atom stereocenters. The fourth-order valence-corrected chi connectivity index (χ4v) is 2.87. The number of methoxy groups -OCH3 is 1. The number of ether oxygens (including phenoxy) is 2. The molecular weight excluding hydrogens is 332 g/mol. The number of carbonyl (C=O) groups is 1. The van der Waals surface area contributed by atoms with E-state index in [4.69, 9.17) is 9.47 Å². The third-order valence-corrected chi connectivity index (χ3v) is 4.48. The van der Waals surface area contributed by atoms with Gasteiger partial charge in [-0.05, 0) is 30.7 Å². The molecule has 0 radical (unpaired) electrons. The van der Waals surface area contributed by atoms with Gasteiger partial charge in [0.1, 0.15) is 5.75 Å². The smallest absolute Gasteiger partial charge is 0.314 e. The van der Waals surface area contributed by atoms with Crippen LogP contribution in [0.25, 0.3) is 0 Å². The number of thiophene rings is 1. The fourth-order valence-electron chi connectivity index (χ4n) is 1.98. The third-order valence-electron chi connectivity index (χ3n) is 3.25. The maximum Gasteiger partial charge on any atom is 0.314 e. The van der Waals surface area contributed by atoms with E-state index in [1.807, 2.05) is 12.1 Å². The van der Waals surface area contributed by atoms with Crippen molar-refractivity contribution in [2.24, 2.45) is 0 Å². The molecule has 0 unspecified atom stereocenters. The van der Waals surface area contributed by atoms with E-state index in [9.17, 15) is 14.9 Å². The van der Waals surface area contributed by atoms with Crippen LogP contribution in [0.15, 0.2) is 30.3 Å². The van der Waals surface area contributed by atoms with Crippen molar-refractivity contribution in [1.29, 1.82) is 0 Å². The standard InChI is InChI=1S/C16H18N2O5S/c1-3-12-5-6-13(24-12)9-17-16(19)10-23-15-7-4-11(22-2)8-14(15)18(20)21/h4-8H,3,9-10H2,1-2H3,(H,17,19). The van der Waals surface area contributed by atoms with E-state index in [0.717, 1.165) is 11.3 Å². The molecule has 0 bridgehead atoms. The fraction of sp³-hybridized carbons (Fsp3) is 0.312. The first-order valence-electron chi connectivity index (χ1n) is 7.33. The molecule has 1 amide bonds. The summed E-state index contributed by atoms with van der Waals surface area (Å²) in [6, 6.07) is 8.21. The molecule has 1 aromatic carbocycles. The van der Waals surface area contributed by atoms with E-state index >= 15 is 0 Å². The second-order valence-corrected chi connectivity index (χ2v) is 6.13. The summed E-state index contributed by atoms with van der Waals surface area (Å²) in [4.78, 5) is 24.6. The highest BCUT2D eigenvalue weighted by atomic mass is 32.1. The van der Waals surface area contributed by atoms with Gasteiger partial charge in [-0.25, -0.2) is 0 Å². The minimum Gasteiger partial charge on any atom is -0.496 e. The SMILES string of the molecule is CCc1ccc(CNC(=O)COc2ccc(OC)cc2[N+](=O)[O-])s1. The molecule has 0 spiro atoms. The number of hydrogen-bond donors (Lipinski definition) is 1. The van der Waals surface area contributed by atoms with Crippen LogP contribution in [0.3, 0.4) is 0 Å². The second-order valence-electron chi connectivity index (χ2n) is 4.88. The predicted octanol–water partition coefficient (Wildman–Crippen LogP) is 2.92. The van der Waals surface area contributed by atoms with Crippen LogP contribution >= 0.6 is 11.3 Å². The van der Waals surface area contributed by atoms with Crippen LogP contribution in [0, 0.1) is 10.1 Å². The Morgan fingerprint density at radius 2 is 2.04 bits per heavy atom. The van der Waals surface area contributed by atoms with Gasteiger partial charge in [0.15, 0.2) is 12.4 Å². The monoisotopic (exact) mass is 350 g/mol. The van der Waals surface area contributed by atoms with Crippen molar-refractivity contribution in [3.63, 3.8) is 0 Å². The molecule has 7 nitrogen and oxygen atoms in total. The molecule has 128 valence electrons. The van der Waals surface area contributed by atoms with Crippen LogP contribution in [0.5, 0.6) is 11.5 Å². The minimum atomic E-state index is -0.576. The first-order valence-corrected chi connectivity index (χ1v) is 8.14. The van der Waals surface area contributed by atoms with Gasteiger partial charge in [-0.15, -0.1) is 11.3 Å². The lowest BCUT2D eigenvalue weighted by molar-refractivity contribution is -0.385. The van der Waals surface area contributed by atoms with E-state index in [1.54, 1.807) is 11.3 Å². The van der Waals surface area contributed by atoms with Gasteiger partial charge in [-0.2, -0.15) is 0 Å². The minimum absolute atomic E-state index is 0.0281. The lowest BCUT2D eigenvalue weighted by Gasteiger charge is -2.08. The zero-order chi connectivity index (χ0) is 17.5. The number of nitro benzene ring substituents is 1. The molecule has 8 heteroatoms. The summed E-state index contributed by atoms with van der Waals surface area (Å²) in [6.45, 7) is 2.19. The van der Waals surface area contributed by atoms with Crippen molar-refractivity contribution in [3.8, 4) is 11.5 Å². The Morgan fingerprint density at radius 1 is 1.29 bits per heavy atom. The zero-order valence-electron chi connectivity index (χ0n) is 13.4. The number of benzene rings is 1. The largest absolute Gasteiger partial charge is 0.496 e. The van der Waals surface area contributed by atoms with Gasteiger partial charge in [-0.3, -0.25) is 14.9 Å². The molecule has 2 rings (SSSR count). The molecule has 0 saturated heterocycles. The van der Waals surface area contributed by atoms with Crippen LogP contribution in [0.4, 0.5) is 5.69 Å². The lowest BCUT2D eigenvalue weighted by atomic mass is 10.3. The Morgan fingerprint density at radius 3 is 2.67 bits per heavy atom. The number of amides is 1. The van der Waals surface area contributed by atoms with E-state index in [2.05, 4.69) is 12.2 Å². The van der Waals surface area contributed by atoms with Crippen molar-refractivity contribution in [2.75, 3.05) is 13.7 Å². The summed E-state index contributed by atoms with van der Waals surface area (Å²) >= 11 is 1.64. The number of rotatable bonds is 8. The van der Waals surface area contributed by atoms with Gasteiger partial charge in [0.05, 0.1) is 24.6 Å². The molecule has 0 aliphatic heterocycles. The van der Waals surface area contributed by atoms with Crippen molar-refractivity contribution < 1.29 is 19.2 Å². The number of carbonyl (C=O) groups excluding carboxylic acids is 1. The van der Waals surface area contributed by atoms with Crippen molar-refractivity contribution >= 4 is 22.9 Å². The first-order chi connectivity index (χ1) is 11.5. The molecule has 1 aromatic heterocycles. The van der Waals surface area contributed by atoms with Gasteiger partial charge < -0.3 is 14.8 Å². The average molecular weight is 350 g/mol. The molecule has 2 aromatic rings. The summed E-state index contributed by atoms with van der Waals surface area (Å²) < 4.78 is 10.2. The topological polar surface area (TPSA) is 90.7 Å². The van der Waals surface area contributed by atoms with Gasteiger partial charge in [0.25, 0.3) is 5.91 Å². The number of aryl methyl sites for hydroxylation is 1. The van der Waals surface area contributed by atoms with Gasteiger partial charge in [0, 0.05) is 9.75 Å². The van der Waals surface area contributed by atoms with Crippen LogP contribution in [-0.4, -0.2) is 24.5 Å². The molecule has 24 heavy (non-hydrogen) atoms. The zero-order valence-corrected chi connectivity index (χ0v) is 14.2. The number of nitrogens with zero attached hydrogens (tertiary/aromatic N) is 1. The van der Waals surface area contributed by atoms with Gasteiger partial charge in [-0.1, -0.05) is 6.92 Å². The van der Waals surface area contributed by atoms with Crippen molar-refractivity contribution in [3.05, 3.63) is 50.2 Å². The predicted molar refractivity (Wildman–Crippen MR) is 90.7 cm³/mol. The maximum absolute atomic E-state index is 11.8. The highest BCUT2D eigenvalue weighted by Gasteiger charge is 2.17. The molecule has 0 aliphatic carbocycles. The van der Waals surface area contributed by atoms with E-state index in [1.165, 1.54) is 30.2 Å². The Labute approximate surface area is 143 Å². The number of hydrogen-bond acceptors (Lipinski definition) is 6. The van der Waals surface area contributed by atoms with Gasteiger partial charge >= 0.3 is 5.69 Å². The van der Waals surface area contributed by atoms with Crippen molar-refractivity contribution in [2.45, 2.75) is 19.9 Å². The normalized spacial score (nSPS) is 10.2. The molecule has 0 aliphatic rings. The third kappa shape index (κ3) is 4.69. The van der Waals surface area contributed by atoms with Crippen LogP contribution < -0.4 is 14.8 Å². The summed E-state index contributed by atoms with van der Waals surface area (Å²) in [7, 11) is 1.42. The summed E-state index contributed by atoms with van der Waals surface area (Å²) in [5.74, 6) is 0.0369. The number of nitrogens with one attached hydrogen (secondary N) is 1. The summed E-state index contributed by atoms with van der Waals surface area (Å²) in [5, 5.41) is 13.8. The Hall–Kier alpha value is -2.61. The number of nitro groups is 1. The van der Waals surface area contributed by atoms with E-state index in [-0.39, 0.29) is 24.0 Å². The van der Waals surface area contributed by atoms with Gasteiger partial charge in [0.2, 0.25) is 0 Å². The summed E-state index contributed by atoms with van der Waals surface area (Å²) in [5.41, 5.74) is -0.243. The maximum atomic E-state index is 11.8. The average Bonchev–Trinajstić information content (AvgIpc) is 3.06. The molecule has 0 fully saturated rings. The highest BCUT2D eigenvalue weighted by molar-refractivity contribution is 7.11. The van der Waals surface area contributed by atoms with Crippen LogP contribution in [0.2, 0.25) is 0 Å². The Kier molecular flexibility index (Phi) is 6.14. The van der Waals surface area contributed by atoms with E-state index < -0.39 is 4.92 Å². The second kappa shape index (κ2) is 8.30. The molecule has 1 N–H and O–H groups in total. The van der Waals surface area contributed by atoms with Crippen LogP contribution in [-0.2, 0) is 17.8 Å². The molecule has 0 saturated carbocycles. The lowest BCUT2D eigenvalue weighted by Crippen LogP contribution is -2.28. The van der Waals surface area contributed by atoms with E-state index in [0.29, 0.717) is 12.3 Å². The van der Waals surface area contributed by atoms with Crippen molar-refractivity contribution in [1.82, 2.24) is 5.32 Å². The Balaban J connectivity index is 1.90. The molecule has 1 heterocycles. The van der Waals surface area contributed by atoms with Crippen LogP contribution in [0.1, 0.15) is 16.7 Å². The highest BCUT2D eigenvalue weighted by Crippen LogP contribution is 2.30.